The second-order valence-corrected chi connectivity index (χ2v) is 25.4. The van der Waals surface area contributed by atoms with Gasteiger partial charge in [-0.25, -0.2) is 19.3 Å². The van der Waals surface area contributed by atoms with E-state index in [4.69, 9.17) is 0 Å². The predicted molar refractivity (Wildman–Crippen MR) is 331 cm³/mol. The molecule has 0 saturated carbocycles. The number of carbonyl (C=O) groups is 6. The molecular formula is C63H81F4N13O8S. The zero-order valence-corrected chi connectivity index (χ0v) is 52.3. The molecule has 0 aliphatic carbocycles. The van der Waals surface area contributed by atoms with E-state index in [0.717, 1.165) is 53.8 Å². The summed E-state index contributed by atoms with van der Waals surface area (Å²) in [5, 5.41) is 21.9. The Bertz CT molecular complexity index is 3360. The molecule has 89 heavy (non-hydrogen) atoms. The summed E-state index contributed by atoms with van der Waals surface area (Å²) in [7, 11) is 1.96. The quantitative estimate of drug-likeness (QED) is 0.0277. The lowest BCUT2D eigenvalue weighted by atomic mass is 9.85. The highest BCUT2D eigenvalue weighted by molar-refractivity contribution is 7.13. The minimum absolute atomic E-state index is 0.0138. The van der Waals surface area contributed by atoms with Crippen molar-refractivity contribution in [2.45, 2.75) is 149 Å². The van der Waals surface area contributed by atoms with Crippen LogP contribution in [0.5, 0.6) is 0 Å². The summed E-state index contributed by atoms with van der Waals surface area (Å²) in [5.74, 6) is -2.96. The van der Waals surface area contributed by atoms with Gasteiger partial charge in [0.15, 0.2) is 0 Å². The maximum absolute atomic E-state index is 16.2. The van der Waals surface area contributed by atoms with Crippen molar-refractivity contribution < 1.29 is 51.4 Å². The van der Waals surface area contributed by atoms with Crippen molar-refractivity contribution in [3.8, 4) is 21.6 Å². The second kappa shape index (κ2) is 29.6. The van der Waals surface area contributed by atoms with Crippen molar-refractivity contribution in [2.24, 2.45) is 5.41 Å². The van der Waals surface area contributed by atoms with Crippen molar-refractivity contribution in [3.63, 3.8) is 0 Å². The molecule has 6 heterocycles. The molecule has 26 heteroatoms. The van der Waals surface area contributed by atoms with E-state index in [1.807, 2.05) is 82.7 Å². The molecule has 1 unspecified atom stereocenters. The summed E-state index contributed by atoms with van der Waals surface area (Å²) in [4.78, 5) is 117. The SMILES string of the molecule is Cc1ncsc1-c1ccc(CNC(=O)[C@@H]2C[C@@H](O)CN2C(=O)C(NC(=O)CCCCCCCCNC(=O)CCC(=O)N2CCN(c3ncc(-c4cc(NC(=O)c5c[nH]c(=O)cc5C(F)(F)F)c(N5C[C@@H](C)N(C)[C@@H](C)C5)cc4F)cn3)CC2)C(C)(C)C)cc1. The molecular weight excluding hydrogens is 1170 g/mol. The highest BCUT2D eigenvalue weighted by atomic mass is 32.1. The zero-order valence-electron chi connectivity index (χ0n) is 51.5. The number of aliphatic hydroxyl groups excluding tert-OH is 1. The van der Waals surface area contributed by atoms with Crippen molar-refractivity contribution in [1.82, 2.24) is 50.6 Å². The molecule has 5 atom stereocenters. The molecule has 0 spiro atoms. The number of nitrogens with zero attached hydrogens (tertiary/aromatic N) is 8. The van der Waals surface area contributed by atoms with Gasteiger partial charge in [0.05, 0.1) is 44.7 Å². The summed E-state index contributed by atoms with van der Waals surface area (Å²) < 4.78 is 58.2. The van der Waals surface area contributed by atoms with Crippen molar-refractivity contribution >= 4 is 64.1 Å². The number of anilines is 3. The Morgan fingerprint density at radius 3 is 2.10 bits per heavy atom. The molecule has 3 saturated heterocycles. The number of H-pyrrole nitrogens is 1. The van der Waals surface area contributed by atoms with Crippen LogP contribution in [-0.4, -0.2) is 165 Å². The lowest BCUT2D eigenvalue weighted by molar-refractivity contribution is -0.144. The maximum Gasteiger partial charge on any atom is 0.417 e. The molecule has 3 aliphatic heterocycles. The van der Waals surface area contributed by atoms with Gasteiger partial charge in [0.1, 0.15) is 17.9 Å². The van der Waals surface area contributed by atoms with Crippen molar-refractivity contribution in [2.75, 3.05) is 74.5 Å². The summed E-state index contributed by atoms with van der Waals surface area (Å²) in [6, 6.07) is 8.95. The molecule has 8 rings (SSSR count). The molecule has 0 bridgehead atoms. The average molecular weight is 1260 g/mol. The Balaban J connectivity index is 0.719. The Morgan fingerprint density at radius 1 is 0.798 bits per heavy atom. The van der Waals surface area contributed by atoms with Crippen molar-refractivity contribution in [3.05, 3.63) is 105 Å². The number of aryl methyl sites for hydroxylation is 1. The fourth-order valence-electron chi connectivity index (χ4n) is 11.4. The summed E-state index contributed by atoms with van der Waals surface area (Å²) >= 11 is 1.56. The van der Waals surface area contributed by atoms with Gasteiger partial charge in [-0.15, -0.1) is 11.3 Å². The number of rotatable bonds is 23. The van der Waals surface area contributed by atoms with Crippen molar-refractivity contribution in [1.29, 1.82) is 0 Å². The van der Waals surface area contributed by atoms with E-state index in [0.29, 0.717) is 70.4 Å². The largest absolute Gasteiger partial charge is 0.417 e. The molecule has 21 nitrogen and oxygen atoms in total. The van der Waals surface area contributed by atoms with Gasteiger partial charge in [0.2, 0.25) is 41.0 Å². The third kappa shape index (κ3) is 17.5. The first kappa shape index (κ1) is 67.1. The van der Waals surface area contributed by atoms with E-state index >= 15 is 4.39 Å². The Labute approximate surface area is 519 Å². The Kier molecular flexibility index (Phi) is 22.4. The summed E-state index contributed by atoms with van der Waals surface area (Å²) in [5.41, 5.74) is 1.25. The molecule has 6 N–H and O–H groups in total. The number of aliphatic hydroxyl groups is 1. The van der Waals surface area contributed by atoms with Gasteiger partial charge < -0.3 is 51.0 Å². The monoisotopic (exact) mass is 1260 g/mol. The van der Waals surface area contributed by atoms with Crippen LogP contribution in [0.3, 0.4) is 0 Å². The first-order valence-corrected chi connectivity index (χ1v) is 31.2. The number of β-amino-alcohol motifs (C(OH)–C–C–N with tert-alkyl or cyclic N) is 1. The number of halogens is 4. The van der Waals surface area contributed by atoms with Gasteiger partial charge in [0.25, 0.3) is 5.91 Å². The fourth-order valence-corrected chi connectivity index (χ4v) is 12.2. The van der Waals surface area contributed by atoms with E-state index in [1.54, 1.807) is 21.7 Å². The summed E-state index contributed by atoms with van der Waals surface area (Å²) in [6.45, 7) is 14.5. The van der Waals surface area contributed by atoms with Crippen LogP contribution in [-0.2, 0) is 36.7 Å². The van der Waals surface area contributed by atoms with Crippen LogP contribution >= 0.6 is 11.3 Å². The number of unbranched alkanes of at least 4 members (excludes halogenated alkanes) is 5. The number of likely N-dealkylation sites (tertiary alicyclic amines) is 1. The van der Waals surface area contributed by atoms with E-state index in [9.17, 15) is 51.8 Å². The highest BCUT2D eigenvalue weighted by Crippen LogP contribution is 2.38. The van der Waals surface area contributed by atoms with Gasteiger partial charge in [-0.2, -0.15) is 13.2 Å². The Morgan fingerprint density at radius 2 is 1.46 bits per heavy atom. The number of alkyl halides is 3. The average Bonchev–Trinajstić information content (AvgIpc) is 3.77. The van der Waals surface area contributed by atoms with Gasteiger partial charge in [-0.3, -0.25) is 38.5 Å². The second-order valence-electron chi connectivity index (χ2n) is 24.5. The first-order chi connectivity index (χ1) is 42.2. The van der Waals surface area contributed by atoms with Gasteiger partial charge in [0, 0.05) is 132 Å². The topological polar surface area (TPSA) is 258 Å². The minimum atomic E-state index is -5.01. The standard InChI is InChI=1S/C63H81F4N13O8S/c1-38-34-79(35-39(2)76(38)7)50-29-48(64)45(27-49(50)74-58(86)46-33-69-54(84)28-47(46)63(65,66)67)43-31-71-61(72-32-43)78-24-22-77(23-25-78)55(85)20-19-52(82)68-21-13-11-9-8-10-12-14-53(83)75-57(62(4,5)6)60(88)80-36-44(81)26-51(80)59(87)70-30-41-15-17-42(18-16-41)56-40(3)73-37-89-56/h15-18,27-29,31-33,37-39,44,51,57,81H,8-14,19-26,30,34-36H2,1-7H3,(H,68,82)(H,69,84)(H,70,87)(H,74,86)(H,75,83)/t38-,39+,44-,51+,57?/m1/s1. The number of thiazole rings is 1. The third-order valence-electron chi connectivity index (χ3n) is 16.8. The van der Waals surface area contributed by atoms with Crippen LogP contribution in [0.4, 0.5) is 34.9 Å². The predicted octanol–water partition coefficient (Wildman–Crippen LogP) is 7.29. The van der Waals surface area contributed by atoms with E-state index in [1.165, 1.54) is 29.4 Å². The normalized spacial score (nSPS) is 18.6. The van der Waals surface area contributed by atoms with Gasteiger partial charge in [-0.05, 0) is 69.3 Å². The van der Waals surface area contributed by atoms with Crippen LogP contribution in [0.2, 0.25) is 0 Å². The van der Waals surface area contributed by atoms with Crippen LogP contribution in [0, 0.1) is 18.2 Å². The van der Waals surface area contributed by atoms with Crippen LogP contribution in [0.15, 0.2) is 71.4 Å². The lowest BCUT2D eigenvalue weighted by Gasteiger charge is -2.44. The number of amides is 6. The number of aromatic nitrogens is 4. The van der Waals surface area contributed by atoms with Crippen LogP contribution < -0.4 is 36.6 Å². The molecule has 0 radical (unpaired) electrons. The van der Waals surface area contributed by atoms with E-state index in [-0.39, 0.29) is 97.0 Å². The maximum atomic E-state index is 16.2. The third-order valence-corrected chi connectivity index (χ3v) is 17.8. The number of nitrogens with one attached hydrogen (secondary N) is 5. The lowest BCUT2D eigenvalue weighted by Crippen LogP contribution is -2.57. The number of carbonyl (C=O) groups excluding carboxylic acids is 6. The number of benzene rings is 2. The molecule has 480 valence electrons. The Hall–Kier alpha value is -7.84. The number of aromatic amines is 1. The molecule has 3 aliphatic rings. The van der Waals surface area contributed by atoms with Crippen LogP contribution in [0.25, 0.3) is 21.6 Å². The number of piperazine rings is 2. The van der Waals surface area contributed by atoms with Crippen LogP contribution in [0.1, 0.15) is 126 Å². The minimum Gasteiger partial charge on any atom is -0.391 e. The first-order valence-electron chi connectivity index (χ1n) is 30.3. The fraction of sp³-hybridized carbons (Fsp3) is 0.524. The number of pyridine rings is 1. The van der Waals surface area contributed by atoms with Gasteiger partial charge in [-0.1, -0.05) is 70.7 Å². The zero-order chi connectivity index (χ0) is 64.3. The summed E-state index contributed by atoms with van der Waals surface area (Å²) in [6.07, 6.45) is 2.79. The molecule has 3 fully saturated rings. The number of hydrogen-bond donors (Lipinski definition) is 6. The van der Waals surface area contributed by atoms with Gasteiger partial charge >= 0.3 is 6.18 Å². The molecule has 3 aromatic heterocycles. The molecule has 6 amide bonds. The van der Waals surface area contributed by atoms with E-state index in [2.05, 4.69) is 46.1 Å². The van der Waals surface area contributed by atoms with E-state index < -0.39 is 64.1 Å². The molecule has 2 aromatic carbocycles. The number of hydrogen-bond acceptors (Lipinski definition) is 15. The molecule has 5 aromatic rings. The smallest absolute Gasteiger partial charge is 0.391 e. The number of likely N-dealkylation sites (N-methyl/N-ethyl adjacent to an activating group) is 1. The highest BCUT2D eigenvalue weighted by Gasteiger charge is 2.45.